The van der Waals surface area contributed by atoms with Gasteiger partial charge in [0.15, 0.2) is 4.91 Å². The van der Waals surface area contributed by atoms with Crippen molar-refractivity contribution in [2.75, 3.05) is 0 Å². The van der Waals surface area contributed by atoms with Crippen molar-refractivity contribution in [3.05, 3.63) is 83.1 Å². The summed E-state index contributed by atoms with van der Waals surface area (Å²) >= 11 is 0. The molecule has 144 valence electrons. The van der Waals surface area contributed by atoms with Crippen LogP contribution in [-0.2, 0) is 21.2 Å². The number of ether oxygens (including phenoxy) is 1. The average Bonchev–Trinajstić information content (AvgIpc) is 2.66. The molecule has 0 radical (unpaired) electrons. The van der Waals surface area contributed by atoms with E-state index in [1.54, 1.807) is 42.5 Å². The lowest BCUT2D eigenvalue weighted by atomic mass is 10.1. The molecule has 8 heteroatoms. The molecule has 3 aromatic rings. The van der Waals surface area contributed by atoms with Gasteiger partial charge in [0.25, 0.3) is 5.91 Å². The molecule has 28 heavy (non-hydrogen) atoms. The number of amides is 1. The summed E-state index contributed by atoms with van der Waals surface area (Å²) in [7, 11) is -4.11. The van der Waals surface area contributed by atoms with Gasteiger partial charge in [-0.3, -0.25) is 4.79 Å². The topological polar surface area (TPSA) is 112 Å². The Labute approximate surface area is 161 Å². The third-order valence-corrected chi connectivity index (χ3v) is 5.92. The Bertz CT molecular complexity index is 1190. The normalized spacial score (nSPS) is 12.1. The number of rotatable bonds is 6. The summed E-state index contributed by atoms with van der Waals surface area (Å²) in [5, 5.41) is 1.32. The smallest absolute Gasteiger partial charge is 0.262 e. The van der Waals surface area contributed by atoms with Gasteiger partial charge in [-0.25, -0.2) is 12.8 Å². The van der Waals surface area contributed by atoms with Gasteiger partial charge in [-0.15, -0.1) is 0 Å². The van der Waals surface area contributed by atoms with Crippen molar-refractivity contribution >= 4 is 26.5 Å². The Morgan fingerprint density at radius 1 is 1.04 bits per heavy atom. The summed E-state index contributed by atoms with van der Waals surface area (Å²) in [5.41, 5.74) is 10.7. The number of hydrogen-bond donors (Lipinski definition) is 2. The summed E-state index contributed by atoms with van der Waals surface area (Å²) in [6, 6.07) is 15.7. The molecule has 0 aliphatic carbocycles. The molecule has 3 aromatic carbocycles. The largest absolute Gasteiger partial charge is 0.489 e. The molecule has 0 aromatic heterocycles. The zero-order valence-corrected chi connectivity index (χ0v) is 15.4. The number of carbonyl (C=O) groups excluding carboxylic acids is 1. The van der Waals surface area contributed by atoms with Gasteiger partial charge in [0.1, 0.15) is 18.2 Å². The molecule has 0 atom stereocenters. The summed E-state index contributed by atoms with van der Waals surface area (Å²) in [4.78, 5) is 10.6. The van der Waals surface area contributed by atoms with Crippen LogP contribution >= 0.6 is 0 Å². The van der Waals surface area contributed by atoms with Crippen LogP contribution in [0.4, 0.5) is 4.39 Å². The van der Waals surface area contributed by atoms with Gasteiger partial charge in [0.05, 0.1) is 4.90 Å². The molecular formula is C20H17FN2O4S. The van der Waals surface area contributed by atoms with Gasteiger partial charge in [0.2, 0.25) is 9.84 Å². The van der Waals surface area contributed by atoms with Crippen LogP contribution in [0.2, 0.25) is 0 Å². The minimum atomic E-state index is -4.11. The first-order valence-corrected chi connectivity index (χ1v) is 9.68. The third kappa shape index (κ3) is 3.81. The number of sulfone groups is 1. The molecule has 0 unspecified atom stereocenters. The van der Waals surface area contributed by atoms with Gasteiger partial charge in [-0.05, 0) is 41.1 Å². The van der Waals surface area contributed by atoms with E-state index in [4.69, 9.17) is 16.2 Å². The van der Waals surface area contributed by atoms with Gasteiger partial charge in [0, 0.05) is 11.8 Å². The van der Waals surface area contributed by atoms with Crippen LogP contribution in [0.25, 0.3) is 10.8 Å². The monoisotopic (exact) mass is 400 g/mol. The van der Waals surface area contributed by atoms with Crippen LogP contribution in [-0.4, -0.2) is 14.3 Å². The van der Waals surface area contributed by atoms with Crippen LogP contribution < -0.4 is 16.2 Å². The second kappa shape index (κ2) is 7.69. The molecule has 6 nitrogen and oxygen atoms in total. The highest BCUT2D eigenvalue weighted by atomic mass is 32.2. The van der Waals surface area contributed by atoms with Crippen LogP contribution in [0.15, 0.2) is 76.7 Å². The van der Waals surface area contributed by atoms with Crippen molar-refractivity contribution in [1.29, 1.82) is 0 Å². The fourth-order valence-electron chi connectivity index (χ4n) is 2.67. The zero-order chi connectivity index (χ0) is 20.3. The minimum Gasteiger partial charge on any atom is -0.489 e. The molecule has 0 saturated carbocycles. The van der Waals surface area contributed by atoms with E-state index in [1.165, 1.54) is 18.2 Å². The first-order valence-electron chi connectivity index (χ1n) is 8.20. The van der Waals surface area contributed by atoms with Gasteiger partial charge < -0.3 is 16.2 Å². The van der Waals surface area contributed by atoms with Crippen molar-refractivity contribution < 1.29 is 22.3 Å². The molecule has 0 heterocycles. The molecule has 0 aliphatic rings. The lowest BCUT2D eigenvalue weighted by Gasteiger charge is -2.10. The first-order chi connectivity index (χ1) is 13.3. The second-order valence-electron chi connectivity index (χ2n) is 5.95. The van der Waals surface area contributed by atoms with Gasteiger partial charge >= 0.3 is 0 Å². The summed E-state index contributed by atoms with van der Waals surface area (Å²) in [6.45, 7) is 0.0634. The standard InChI is InChI=1S/C20H17FN2O4S/c21-18-4-2-1-3-15(18)12-27-16-7-5-14-10-17(8-6-13(14)9-16)28(25,26)19(11-22)20(23)24/h1-11H,12,22H2,(H2,23,24)/b19-11+. The summed E-state index contributed by atoms with van der Waals surface area (Å²) in [5.74, 6) is -0.970. The van der Waals surface area contributed by atoms with Crippen LogP contribution in [0.3, 0.4) is 0 Å². The molecule has 0 fully saturated rings. The van der Waals surface area contributed by atoms with Crippen molar-refractivity contribution in [1.82, 2.24) is 0 Å². The Balaban J connectivity index is 1.88. The van der Waals surface area contributed by atoms with Gasteiger partial charge in [-0.1, -0.05) is 30.3 Å². The van der Waals surface area contributed by atoms with Crippen LogP contribution in [0.5, 0.6) is 5.75 Å². The number of nitrogens with two attached hydrogens (primary N) is 2. The molecule has 1 amide bonds. The molecule has 0 bridgehead atoms. The highest BCUT2D eigenvalue weighted by Gasteiger charge is 2.25. The Hall–Kier alpha value is -3.39. The van der Waals surface area contributed by atoms with E-state index < -0.39 is 20.6 Å². The van der Waals surface area contributed by atoms with Crippen molar-refractivity contribution in [2.45, 2.75) is 11.5 Å². The SMILES string of the molecule is N/C=C(\C(N)=O)S(=O)(=O)c1ccc2cc(OCc3ccccc3F)ccc2c1. The summed E-state index contributed by atoms with van der Waals surface area (Å²) < 4.78 is 44.3. The average molecular weight is 400 g/mol. The molecule has 0 spiro atoms. The Morgan fingerprint density at radius 3 is 2.39 bits per heavy atom. The van der Waals surface area contributed by atoms with E-state index in [2.05, 4.69) is 0 Å². The van der Waals surface area contributed by atoms with Crippen LogP contribution in [0, 0.1) is 5.82 Å². The summed E-state index contributed by atoms with van der Waals surface area (Å²) in [6.07, 6.45) is 0.682. The van der Waals surface area contributed by atoms with Crippen LogP contribution in [0.1, 0.15) is 5.56 Å². The van der Waals surface area contributed by atoms with Crippen molar-refractivity contribution in [3.63, 3.8) is 0 Å². The second-order valence-corrected chi connectivity index (χ2v) is 7.87. The first kappa shape index (κ1) is 19.4. The lowest BCUT2D eigenvalue weighted by Crippen LogP contribution is -2.22. The quantitative estimate of drug-likeness (QED) is 0.618. The fourth-order valence-corrected chi connectivity index (χ4v) is 3.89. The number of benzene rings is 3. The maximum absolute atomic E-state index is 13.7. The minimum absolute atomic E-state index is 0.0634. The molecule has 4 N–H and O–H groups in total. The predicted molar refractivity (Wildman–Crippen MR) is 103 cm³/mol. The van der Waals surface area contributed by atoms with E-state index in [0.717, 1.165) is 0 Å². The van der Waals surface area contributed by atoms with Crippen molar-refractivity contribution in [3.8, 4) is 5.75 Å². The number of primary amides is 1. The Morgan fingerprint density at radius 2 is 1.71 bits per heavy atom. The van der Waals surface area contributed by atoms with E-state index in [9.17, 15) is 17.6 Å². The number of fused-ring (bicyclic) bond motifs is 1. The number of hydrogen-bond acceptors (Lipinski definition) is 5. The predicted octanol–water partition coefficient (Wildman–Crippen LogP) is 2.62. The molecule has 0 aliphatic heterocycles. The van der Waals surface area contributed by atoms with E-state index in [1.807, 2.05) is 0 Å². The highest BCUT2D eigenvalue weighted by molar-refractivity contribution is 7.96. The Kier molecular flexibility index (Phi) is 5.32. The molecule has 0 saturated heterocycles. The number of halogens is 1. The zero-order valence-electron chi connectivity index (χ0n) is 14.6. The number of carbonyl (C=O) groups is 1. The van der Waals surface area contributed by atoms with E-state index in [-0.39, 0.29) is 17.3 Å². The van der Waals surface area contributed by atoms with E-state index in [0.29, 0.717) is 28.3 Å². The lowest BCUT2D eigenvalue weighted by molar-refractivity contribution is -0.113. The van der Waals surface area contributed by atoms with E-state index >= 15 is 0 Å². The van der Waals surface area contributed by atoms with Crippen molar-refractivity contribution in [2.24, 2.45) is 11.5 Å². The molecular weight excluding hydrogens is 383 g/mol. The van der Waals surface area contributed by atoms with Gasteiger partial charge in [-0.2, -0.15) is 0 Å². The maximum atomic E-state index is 13.7. The third-order valence-electron chi connectivity index (χ3n) is 4.13. The fraction of sp³-hybridized carbons (Fsp3) is 0.0500. The maximum Gasteiger partial charge on any atom is 0.262 e. The highest BCUT2D eigenvalue weighted by Crippen LogP contribution is 2.27. The molecule has 3 rings (SSSR count).